The summed E-state index contributed by atoms with van der Waals surface area (Å²) in [5, 5.41) is 0.327. The van der Waals surface area contributed by atoms with E-state index in [-0.39, 0.29) is 17.1 Å². The van der Waals surface area contributed by atoms with Gasteiger partial charge in [0.15, 0.2) is 6.10 Å². The van der Waals surface area contributed by atoms with Crippen LogP contribution in [0.3, 0.4) is 0 Å². The molecule has 8 nitrogen and oxygen atoms in total. The number of fused-ring (bicyclic) bond motifs is 1. The number of rotatable bonds is 6. The maximum absolute atomic E-state index is 12.7. The zero-order valence-corrected chi connectivity index (χ0v) is 16.9. The van der Waals surface area contributed by atoms with Gasteiger partial charge in [0, 0.05) is 12.6 Å². The highest BCUT2D eigenvalue weighted by Crippen LogP contribution is 2.25. The van der Waals surface area contributed by atoms with Gasteiger partial charge in [-0.15, -0.1) is 0 Å². The smallest absolute Gasteiger partial charge is 0.264 e. The molecule has 31 heavy (non-hydrogen) atoms. The third-order valence-electron chi connectivity index (χ3n) is 5.21. The Kier molecular flexibility index (Phi) is 5.62. The number of likely N-dealkylation sites (tertiary alicyclic amines) is 1. The molecule has 160 valence electrons. The first-order valence-electron chi connectivity index (χ1n) is 9.99. The summed E-state index contributed by atoms with van der Waals surface area (Å²) >= 11 is 0. The molecule has 2 N–H and O–H groups in total. The van der Waals surface area contributed by atoms with Crippen molar-refractivity contribution in [3.8, 4) is 17.2 Å². The number of amides is 2. The van der Waals surface area contributed by atoms with Crippen LogP contribution in [0.25, 0.3) is 11.0 Å². The number of hydrogen-bond donors (Lipinski definition) is 1. The first-order valence-corrected chi connectivity index (χ1v) is 9.99. The van der Waals surface area contributed by atoms with Crippen LogP contribution < -0.4 is 20.6 Å². The summed E-state index contributed by atoms with van der Waals surface area (Å²) in [6.07, 6.45) is 1.70. The van der Waals surface area contributed by atoms with Crippen molar-refractivity contribution in [2.75, 3.05) is 6.54 Å². The van der Waals surface area contributed by atoms with Crippen LogP contribution >= 0.6 is 0 Å². The van der Waals surface area contributed by atoms with E-state index in [1.165, 1.54) is 11.2 Å². The largest absolute Gasteiger partial charge is 0.481 e. The van der Waals surface area contributed by atoms with E-state index in [2.05, 4.69) is 0 Å². The summed E-state index contributed by atoms with van der Waals surface area (Å²) in [7, 11) is 0. The van der Waals surface area contributed by atoms with Crippen LogP contribution in [0, 0.1) is 0 Å². The minimum absolute atomic E-state index is 0.0717. The molecule has 0 saturated carbocycles. The first-order chi connectivity index (χ1) is 14.9. The van der Waals surface area contributed by atoms with Crippen LogP contribution in [-0.4, -0.2) is 35.4 Å². The van der Waals surface area contributed by atoms with E-state index >= 15 is 0 Å². The van der Waals surface area contributed by atoms with E-state index in [1.807, 2.05) is 6.07 Å². The van der Waals surface area contributed by atoms with Crippen LogP contribution in [0.4, 0.5) is 0 Å². The zero-order chi connectivity index (χ0) is 22.0. The lowest BCUT2D eigenvalue weighted by atomic mass is 10.2. The number of carbonyl (C=O) groups is 2. The molecule has 1 aromatic heterocycles. The molecule has 8 heteroatoms. The molecule has 1 aliphatic rings. The SMILES string of the molecule is C[C@@H](Oc1ccc2c(=O)c(Oc3ccccc3)coc2c1)C(=O)N1CCC[C@@H]1C(N)=O. The fraction of sp³-hybridized carbons (Fsp3) is 0.261. The summed E-state index contributed by atoms with van der Waals surface area (Å²) in [5.74, 6) is 0.136. The molecule has 2 atom stereocenters. The topological polar surface area (TPSA) is 112 Å². The van der Waals surface area contributed by atoms with Crippen molar-refractivity contribution in [3.05, 3.63) is 65.0 Å². The molecule has 2 aromatic carbocycles. The molecule has 1 fully saturated rings. The maximum atomic E-state index is 12.7. The second kappa shape index (κ2) is 8.51. The number of hydrogen-bond acceptors (Lipinski definition) is 6. The van der Waals surface area contributed by atoms with Gasteiger partial charge < -0.3 is 24.5 Å². The van der Waals surface area contributed by atoms with Crippen LogP contribution in [0.5, 0.6) is 17.2 Å². The average Bonchev–Trinajstić information content (AvgIpc) is 3.26. The third-order valence-corrected chi connectivity index (χ3v) is 5.21. The number of ether oxygens (including phenoxy) is 2. The Morgan fingerprint density at radius 2 is 1.94 bits per heavy atom. The van der Waals surface area contributed by atoms with Gasteiger partial charge in [0.1, 0.15) is 29.4 Å². The van der Waals surface area contributed by atoms with E-state index in [1.54, 1.807) is 49.4 Å². The molecule has 2 amide bonds. The number of primary amides is 1. The van der Waals surface area contributed by atoms with E-state index in [0.717, 1.165) is 6.42 Å². The van der Waals surface area contributed by atoms with Crippen molar-refractivity contribution in [2.24, 2.45) is 5.73 Å². The Morgan fingerprint density at radius 1 is 1.16 bits per heavy atom. The minimum Gasteiger partial charge on any atom is -0.481 e. The van der Waals surface area contributed by atoms with E-state index in [0.29, 0.717) is 35.4 Å². The Labute approximate surface area is 178 Å². The zero-order valence-electron chi connectivity index (χ0n) is 16.9. The van der Waals surface area contributed by atoms with Gasteiger partial charge in [-0.3, -0.25) is 14.4 Å². The van der Waals surface area contributed by atoms with Crippen molar-refractivity contribution in [2.45, 2.75) is 31.9 Å². The van der Waals surface area contributed by atoms with E-state index in [4.69, 9.17) is 19.6 Å². The van der Waals surface area contributed by atoms with E-state index < -0.39 is 18.1 Å². The van der Waals surface area contributed by atoms with Gasteiger partial charge in [0.05, 0.1) is 5.39 Å². The Hall–Kier alpha value is -3.81. The monoisotopic (exact) mass is 422 g/mol. The molecule has 0 unspecified atom stereocenters. The highest BCUT2D eigenvalue weighted by Gasteiger charge is 2.35. The lowest BCUT2D eigenvalue weighted by molar-refractivity contribution is -0.142. The highest BCUT2D eigenvalue weighted by atomic mass is 16.5. The molecule has 2 heterocycles. The molecular formula is C23H22N2O6. The molecule has 0 spiro atoms. The van der Waals surface area contributed by atoms with Gasteiger partial charge >= 0.3 is 0 Å². The number of nitrogens with two attached hydrogens (primary N) is 1. The van der Waals surface area contributed by atoms with Crippen LogP contribution in [0.15, 0.2) is 64.0 Å². The van der Waals surface area contributed by atoms with Gasteiger partial charge in [-0.1, -0.05) is 18.2 Å². The van der Waals surface area contributed by atoms with Crippen molar-refractivity contribution in [1.29, 1.82) is 0 Å². The Balaban J connectivity index is 1.51. The average molecular weight is 422 g/mol. The third kappa shape index (κ3) is 4.23. The lowest BCUT2D eigenvalue weighted by Gasteiger charge is -2.25. The molecular weight excluding hydrogens is 400 g/mol. The van der Waals surface area contributed by atoms with Gasteiger partial charge in [-0.2, -0.15) is 0 Å². The standard InChI is InChI=1S/C23H22N2O6/c1-14(23(28)25-11-5-8-18(25)22(24)27)30-16-9-10-17-19(12-16)29-13-20(21(17)26)31-15-6-3-2-4-7-15/h2-4,6-7,9-10,12-14,18H,5,8,11H2,1H3,(H2,24,27)/t14-,18-/m1/s1. The molecule has 0 aliphatic carbocycles. The van der Waals surface area contributed by atoms with Crippen LogP contribution in [-0.2, 0) is 9.59 Å². The molecule has 0 bridgehead atoms. The van der Waals surface area contributed by atoms with Crippen molar-refractivity contribution in [3.63, 3.8) is 0 Å². The first kappa shape index (κ1) is 20.5. The van der Waals surface area contributed by atoms with Crippen LogP contribution in [0.1, 0.15) is 19.8 Å². The van der Waals surface area contributed by atoms with Gasteiger partial charge in [-0.25, -0.2) is 0 Å². The quantitative estimate of drug-likeness (QED) is 0.654. The maximum Gasteiger partial charge on any atom is 0.264 e. The molecule has 4 rings (SSSR count). The summed E-state index contributed by atoms with van der Waals surface area (Å²) in [5.41, 5.74) is 5.38. The summed E-state index contributed by atoms with van der Waals surface area (Å²) in [6, 6.07) is 13.0. The minimum atomic E-state index is -0.829. The van der Waals surface area contributed by atoms with Crippen molar-refractivity contribution < 1.29 is 23.5 Å². The van der Waals surface area contributed by atoms with Crippen LogP contribution in [0.2, 0.25) is 0 Å². The second-order valence-electron chi connectivity index (χ2n) is 7.35. The van der Waals surface area contributed by atoms with Crippen molar-refractivity contribution >= 4 is 22.8 Å². The fourth-order valence-electron chi connectivity index (χ4n) is 3.66. The normalized spacial score (nSPS) is 16.8. The fourth-order valence-corrected chi connectivity index (χ4v) is 3.66. The summed E-state index contributed by atoms with van der Waals surface area (Å²) in [4.78, 5) is 38.4. The molecule has 3 aromatic rings. The summed E-state index contributed by atoms with van der Waals surface area (Å²) < 4.78 is 16.9. The predicted molar refractivity (Wildman–Crippen MR) is 113 cm³/mol. The molecule has 0 radical (unpaired) electrons. The Bertz CT molecular complexity index is 1170. The van der Waals surface area contributed by atoms with Crippen molar-refractivity contribution in [1.82, 2.24) is 4.90 Å². The Morgan fingerprint density at radius 3 is 2.68 bits per heavy atom. The molecule has 1 aliphatic heterocycles. The number of nitrogens with zero attached hydrogens (tertiary/aromatic N) is 1. The number of benzene rings is 2. The summed E-state index contributed by atoms with van der Waals surface area (Å²) in [6.45, 7) is 2.08. The van der Waals surface area contributed by atoms with Gasteiger partial charge in [-0.05, 0) is 44.0 Å². The number of para-hydroxylation sites is 1. The highest BCUT2D eigenvalue weighted by molar-refractivity contribution is 5.89. The van der Waals surface area contributed by atoms with Gasteiger partial charge in [0.2, 0.25) is 17.1 Å². The second-order valence-corrected chi connectivity index (χ2v) is 7.35. The predicted octanol–water partition coefficient (Wildman–Crippen LogP) is 2.83. The lowest BCUT2D eigenvalue weighted by Crippen LogP contribution is -2.48. The van der Waals surface area contributed by atoms with E-state index in [9.17, 15) is 14.4 Å². The number of carbonyl (C=O) groups excluding carboxylic acids is 2. The molecule has 1 saturated heterocycles. The van der Waals surface area contributed by atoms with Gasteiger partial charge in [0.25, 0.3) is 5.91 Å².